The first-order valence-corrected chi connectivity index (χ1v) is 8.92. The van der Waals surface area contributed by atoms with E-state index < -0.39 is 0 Å². The van der Waals surface area contributed by atoms with Crippen molar-refractivity contribution in [2.75, 3.05) is 13.1 Å². The molecule has 3 heteroatoms. The van der Waals surface area contributed by atoms with Crippen LogP contribution in [0.2, 0.25) is 0 Å². The van der Waals surface area contributed by atoms with E-state index in [-0.39, 0.29) is 5.41 Å². The van der Waals surface area contributed by atoms with Crippen LogP contribution in [0.5, 0.6) is 0 Å². The van der Waals surface area contributed by atoms with Gasteiger partial charge in [-0.05, 0) is 74.7 Å². The Balaban J connectivity index is 1.49. The van der Waals surface area contributed by atoms with Gasteiger partial charge in [-0.25, -0.2) is 0 Å². The molecule has 0 aromatic carbocycles. The van der Waals surface area contributed by atoms with E-state index in [4.69, 9.17) is 0 Å². The minimum atomic E-state index is -0.0402. The molecule has 3 unspecified atom stereocenters. The van der Waals surface area contributed by atoms with Gasteiger partial charge in [-0.15, -0.1) is 0 Å². The van der Waals surface area contributed by atoms with E-state index in [1.54, 1.807) is 0 Å². The molecule has 1 saturated heterocycles. The molecule has 4 aliphatic carbocycles. The van der Waals surface area contributed by atoms with E-state index in [1.165, 1.54) is 32.1 Å². The Kier molecular flexibility index (Phi) is 2.99. The zero-order chi connectivity index (χ0) is 14.7. The number of carbonyl (C=O) groups is 1. The molecule has 5 rings (SSSR count). The SMILES string of the molecule is CC12CC3CC(C)(C1)CC(C(=O)NCC1CCCN1)(C3)C2. The van der Waals surface area contributed by atoms with Gasteiger partial charge >= 0.3 is 0 Å². The number of amides is 1. The highest BCUT2D eigenvalue weighted by molar-refractivity contribution is 5.83. The monoisotopic (exact) mass is 290 g/mol. The van der Waals surface area contributed by atoms with Gasteiger partial charge in [-0.3, -0.25) is 4.79 Å². The maximum absolute atomic E-state index is 13.0. The lowest BCUT2D eigenvalue weighted by atomic mass is 9.40. The highest BCUT2D eigenvalue weighted by Crippen LogP contribution is 2.69. The average Bonchev–Trinajstić information content (AvgIpc) is 2.84. The first kappa shape index (κ1) is 14.0. The summed E-state index contributed by atoms with van der Waals surface area (Å²) in [6.07, 6.45) is 9.96. The van der Waals surface area contributed by atoms with E-state index in [9.17, 15) is 4.79 Å². The topological polar surface area (TPSA) is 41.1 Å². The summed E-state index contributed by atoms with van der Waals surface area (Å²) in [6.45, 7) is 6.83. The Hall–Kier alpha value is -0.570. The molecule has 0 aromatic rings. The molecular weight excluding hydrogens is 260 g/mol. The summed E-state index contributed by atoms with van der Waals surface area (Å²) in [5.41, 5.74) is 0.815. The van der Waals surface area contributed by atoms with Crippen LogP contribution in [0, 0.1) is 22.2 Å². The Bertz CT molecular complexity index is 436. The molecule has 4 saturated carbocycles. The summed E-state index contributed by atoms with van der Waals surface area (Å²) >= 11 is 0. The van der Waals surface area contributed by atoms with Crippen LogP contribution in [0.15, 0.2) is 0 Å². The van der Waals surface area contributed by atoms with E-state index in [0.29, 0.717) is 22.8 Å². The predicted molar refractivity (Wildman–Crippen MR) is 83.9 cm³/mol. The van der Waals surface area contributed by atoms with Gasteiger partial charge in [0.2, 0.25) is 5.91 Å². The smallest absolute Gasteiger partial charge is 0.226 e. The van der Waals surface area contributed by atoms with Gasteiger partial charge < -0.3 is 10.6 Å². The molecule has 5 aliphatic rings. The highest BCUT2D eigenvalue weighted by Gasteiger charge is 2.62. The fourth-order valence-corrected chi connectivity index (χ4v) is 7.04. The summed E-state index contributed by atoms with van der Waals surface area (Å²) in [7, 11) is 0. The number of rotatable bonds is 3. The van der Waals surface area contributed by atoms with Crippen molar-refractivity contribution < 1.29 is 4.79 Å². The predicted octanol–water partition coefficient (Wildman–Crippen LogP) is 2.85. The number of nitrogens with one attached hydrogen (secondary N) is 2. The first-order valence-electron chi connectivity index (χ1n) is 8.92. The average molecular weight is 290 g/mol. The van der Waals surface area contributed by atoms with Crippen LogP contribution in [-0.2, 0) is 4.79 Å². The maximum Gasteiger partial charge on any atom is 0.226 e. The lowest BCUT2D eigenvalue weighted by molar-refractivity contribution is -0.170. The Morgan fingerprint density at radius 1 is 1.14 bits per heavy atom. The lowest BCUT2D eigenvalue weighted by Gasteiger charge is -2.64. The largest absolute Gasteiger partial charge is 0.354 e. The Morgan fingerprint density at radius 2 is 1.86 bits per heavy atom. The van der Waals surface area contributed by atoms with Crippen molar-refractivity contribution in [1.82, 2.24) is 10.6 Å². The van der Waals surface area contributed by atoms with Crippen molar-refractivity contribution in [2.24, 2.45) is 22.2 Å². The van der Waals surface area contributed by atoms with Gasteiger partial charge in [0.25, 0.3) is 0 Å². The van der Waals surface area contributed by atoms with E-state index >= 15 is 0 Å². The van der Waals surface area contributed by atoms with Gasteiger partial charge in [0.15, 0.2) is 0 Å². The molecule has 118 valence electrons. The molecule has 3 atom stereocenters. The van der Waals surface area contributed by atoms with Crippen LogP contribution < -0.4 is 10.6 Å². The maximum atomic E-state index is 13.0. The van der Waals surface area contributed by atoms with Gasteiger partial charge in [0, 0.05) is 12.6 Å². The second-order valence-corrected chi connectivity index (χ2v) is 9.41. The van der Waals surface area contributed by atoms with Crippen LogP contribution >= 0.6 is 0 Å². The molecule has 1 aliphatic heterocycles. The fraction of sp³-hybridized carbons (Fsp3) is 0.944. The van der Waals surface area contributed by atoms with Gasteiger partial charge in [-0.2, -0.15) is 0 Å². The van der Waals surface area contributed by atoms with Crippen LogP contribution in [0.25, 0.3) is 0 Å². The van der Waals surface area contributed by atoms with Crippen LogP contribution in [0.3, 0.4) is 0 Å². The molecule has 1 amide bonds. The molecule has 5 fully saturated rings. The zero-order valence-electron chi connectivity index (χ0n) is 13.6. The number of carbonyl (C=O) groups excluding carboxylic acids is 1. The minimum Gasteiger partial charge on any atom is -0.354 e. The van der Waals surface area contributed by atoms with Crippen LogP contribution in [-0.4, -0.2) is 25.0 Å². The van der Waals surface area contributed by atoms with Crippen molar-refractivity contribution in [1.29, 1.82) is 0 Å². The number of hydrogen-bond acceptors (Lipinski definition) is 2. The molecular formula is C18H30N2O. The van der Waals surface area contributed by atoms with Crippen LogP contribution in [0.4, 0.5) is 0 Å². The third-order valence-corrected chi connectivity index (χ3v) is 6.78. The molecule has 1 heterocycles. The normalized spacial score (nSPS) is 51.3. The van der Waals surface area contributed by atoms with Crippen molar-refractivity contribution in [2.45, 2.75) is 71.3 Å². The molecule has 21 heavy (non-hydrogen) atoms. The summed E-state index contributed by atoms with van der Waals surface area (Å²) in [5, 5.41) is 6.80. The summed E-state index contributed by atoms with van der Waals surface area (Å²) in [6, 6.07) is 0.508. The highest BCUT2D eigenvalue weighted by atomic mass is 16.2. The van der Waals surface area contributed by atoms with Crippen molar-refractivity contribution >= 4 is 5.91 Å². The van der Waals surface area contributed by atoms with E-state index in [1.807, 2.05) is 0 Å². The zero-order valence-corrected chi connectivity index (χ0v) is 13.6. The summed E-state index contributed by atoms with van der Waals surface area (Å²) < 4.78 is 0. The number of hydrogen-bond donors (Lipinski definition) is 2. The van der Waals surface area contributed by atoms with Crippen molar-refractivity contribution in [3.63, 3.8) is 0 Å². The van der Waals surface area contributed by atoms with Gasteiger partial charge in [-0.1, -0.05) is 13.8 Å². The molecule has 2 N–H and O–H groups in total. The van der Waals surface area contributed by atoms with Crippen molar-refractivity contribution in [3.8, 4) is 0 Å². The standard InChI is InChI=1S/C18H30N2O/c1-16-6-13-7-17(2,10-16)12-18(8-13,11-16)15(21)20-9-14-4-3-5-19-14/h13-14,19H,3-12H2,1-2H3,(H,20,21). The molecule has 0 spiro atoms. The first-order chi connectivity index (χ1) is 9.91. The molecule has 4 bridgehead atoms. The second kappa shape index (κ2) is 4.47. The molecule has 3 nitrogen and oxygen atoms in total. The second-order valence-electron chi connectivity index (χ2n) is 9.41. The van der Waals surface area contributed by atoms with E-state index in [0.717, 1.165) is 38.3 Å². The molecule has 0 radical (unpaired) electrons. The van der Waals surface area contributed by atoms with Crippen LogP contribution in [0.1, 0.15) is 65.2 Å². The Labute approximate surface area is 128 Å². The fourth-order valence-electron chi connectivity index (χ4n) is 7.04. The van der Waals surface area contributed by atoms with Crippen molar-refractivity contribution in [3.05, 3.63) is 0 Å². The van der Waals surface area contributed by atoms with Gasteiger partial charge in [0.1, 0.15) is 0 Å². The minimum absolute atomic E-state index is 0.0402. The quantitative estimate of drug-likeness (QED) is 0.839. The third-order valence-electron chi connectivity index (χ3n) is 6.78. The summed E-state index contributed by atoms with van der Waals surface area (Å²) in [4.78, 5) is 13.0. The Morgan fingerprint density at radius 3 is 2.43 bits per heavy atom. The molecule has 0 aromatic heterocycles. The summed E-state index contributed by atoms with van der Waals surface area (Å²) in [5.74, 6) is 1.17. The van der Waals surface area contributed by atoms with Gasteiger partial charge in [0.05, 0.1) is 5.41 Å². The third kappa shape index (κ3) is 2.32. The van der Waals surface area contributed by atoms with E-state index in [2.05, 4.69) is 24.5 Å². The lowest BCUT2D eigenvalue weighted by Crippen LogP contribution is -2.60.